The second-order valence-electron chi connectivity index (χ2n) is 6.34. The van der Waals surface area contributed by atoms with Crippen LogP contribution < -0.4 is 5.32 Å². The third-order valence-corrected chi connectivity index (χ3v) is 6.58. The number of aryl methyl sites for hydroxylation is 4. The zero-order valence-corrected chi connectivity index (χ0v) is 17.3. The van der Waals surface area contributed by atoms with Crippen LogP contribution in [0.3, 0.4) is 0 Å². The summed E-state index contributed by atoms with van der Waals surface area (Å²) in [7, 11) is 0. The van der Waals surface area contributed by atoms with Crippen molar-refractivity contribution in [1.82, 2.24) is 9.97 Å². The van der Waals surface area contributed by atoms with Crippen LogP contribution >= 0.6 is 23.1 Å². The fraction of sp³-hybridized carbons (Fsp3) is 0.350. The van der Waals surface area contributed by atoms with E-state index in [0.29, 0.717) is 0 Å². The van der Waals surface area contributed by atoms with E-state index < -0.39 is 0 Å². The number of thioether (sulfide) groups is 1. The van der Waals surface area contributed by atoms with E-state index in [1.807, 2.05) is 38.1 Å². The van der Waals surface area contributed by atoms with Gasteiger partial charge < -0.3 is 5.32 Å². The van der Waals surface area contributed by atoms with Crippen LogP contribution in [0.4, 0.5) is 5.69 Å². The molecule has 0 bridgehead atoms. The van der Waals surface area contributed by atoms with Gasteiger partial charge in [0.05, 0.1) is 5.25 Å². The van der Waals surface area contributed by atoms with Crippen molar-refractivity contribution in [3.63, 3.8) is 0 Å². The number of hydrogen-bond donors (Lipinski definition) is 1. The Morgan fingerprint density at radius 2 is 1.88 bits per heavy atom. The van der Waals surface area contributed by atoms with Crippen molar-refractivity contribution in [1.29, 1.82) is 0 Å². The quantitative estimate of drug-likeness (QED) is 0.478. The van der Waals surface area contributed by atoms with Crippen molar-refractivity contribution in [2.45, 2.75) is 51.3 Å². The molecule has 1 N–H and O–H groups in total. The lowest BCUT2D eigenvalue weighted by Gasteiger charge is -2.13. The lowest BCUT2D eigenvalue weighted by Crippen LogP contribution is -2.22. The van der Waals surface area contributed by atoms with Crippen molar-refractivity contribution in [2.24, 2.45) is 0 Å². The molecule has 0 saturated carbocycles. The predicted octanol–water partition coefficient (Wildman–Crippen LogP) is 5.30. The molecule has 4 nitrogen and oxygen atoms in total. The van der Waals surface area contributed by atoms with Crippen molar-refractivity contribution < 1.29 is 4.79 Å². The molecule has 0 saturated heterocycles. The van der Waals surface area contributed by atoms with E-state index in [2.05, 4.69) is 36.1 Å². The molecule has 0 aliphatic heterocycles. The molecule has 2 heterocycles. The number of anilines is 1. The molecule has 0 fully saturated rings. The van der Waals surface area contributed by atoms with E-state index in [0.717, 1.165) is 33.2 Å². The number of carbonyl (C=O) groups excluding carboxylic acids is 1. The zero-order valence-electron chi connectivity index (χ0n) is 15.7. The fourth-order valence-corrected chi connectivity index (χ4v) is 4.88. The molecule has 0 aliphatic carbocycles. The summed E-state index contributed by atoms with van der Waals surface area (Å²) in [6, 6.07) is 7.99. The molecule has 3 aromatic rings. The first-order chi connectivity index (χ1) is 12.4. The molecule has 1 atom stereocenters. The van der Waals surface area contributed by atoms with Gasteiger partial charge in [-0.15, -0.1) is 11.3 Å². The highest BCUT2D eigenvalue weighted by Crippen LogP contribution is 2.36. The SMILES string of the molecule is CCc1ccc(NC(=O)[C@H](C)Sc2nc(C)nc3sc(C)c(C)c23)cc1. The highest BCUT2D eigenvalue weighted by molar-refractivity contribution is 8.00. The number of rotatable bonds is 5. The van der Waals surface area contributed by atoms with E-state index in [-0.39, 0.29) is 11.2 Å². The lowest BCUT2D eigenvalue weighted by molar-refractivity contribution is -0.115. The smallest absolute Gasteiger partial charge is 0.237 e. The van der Waals surface area contributed by atoms with Gasteiger partial charge in [-0.1, -0.05) is 30.8 Å². The molecule has 3 rings (SSSR count). The standard InChI is InChI=1S/C20H23N3OS2/c1-6-15-7-9-16(10-8-15)23-18(24)13(4)26-20-17-11(2)12(3)25-19(17)21-14(5)22-20/h7-10,13H,6H2,1-5H3,(H,23,24)/t13-/m0/s1. The van der Waals surface area contributed by atoms with Gasteiger partial charge in [-0.05, 0) is 57.4 Å². The number of nitrogens with one attached hydrogen (secondary N) is 1. The molecule has 1 amide bonds. The summed E-state index contributed by atoms with van der Waals surface area (Å²) in [4.78, 5) is 24.0. The van der Waals surface area contributed by atoms with Crippen LogP contribution in [-0.2, 0) is 11.2 Å². The normalized spacial score (nSPS) is 12.3. The highest BCUT2D eigenvalue weighted by Gasteiger charge is 2.20. The molecule has 26 heavy (non-hydrogen) atoms. The molecule has 0 spiro atoms. The van der Waals surface area contributed by atoms with Crippen LogP contribution in [0.5, 0.6) is 0 Å². The summed E-state index contributed by atoms with van der Waals surface area (Å²) < 4.78 is 0. The molecular weight excluding hydrogens is 362 g/mol. The van der Waals surface area contributed by atoms with Gasteiger partial charge in [0.1, 0.15) is 15.7 Å². The fourth-order valence-electron chi connectivity index (χ4n) is 2.69. The van der Waals surface area contributed by atoms with Gasteiger partial charge >= 0.3 is 0 Å². The molecule has 0 radical (unpaired) electrons. The van der Waals surface area contributed by atoms with E-state index in [4.69, 9.17) is 0 Å². The average Bonchev–Trinajstić information content (AvgIpc) is 2.89. The van der Waals surface area contributed by atoms with Gasteiger partial charge in [0, 0.05) is 16.0 Å². The Kier molecular flexibility index (Phi) is 5.63. The highest BCUT2D eigenvalue weighted by atomic mass is 32.2. The minimum Gasteiger partial charge on any atom is -0.325 e. The number of aromatic nitrogens is 2. The summed E-state index contributed by atoms with van der Waals surface area (Å²) in [6.07, 6.45) is 0.989. The van der Waals surface area contributed by atoms with Crippen molar-refractivity contribution in [3.05, 3.63) is 46.1 Å². The first-order valence-electron chi connectivity index (χ1n) is 8.69. The summed E-state index contributed by atoms with van der Waals surface area (Å²) in [6.45, 7) is 10.1. The first-order valence-corrected chi connectivity index (χ1v) is 10.4. The Hall–Kier alpha value is -1.92. The van der Waals surface area contributed by atoms with Gasteiger partial charge in [0.25, 0.3) is 0 Å². The number of amides is 1. The van der Waals surface area contributed by atoms with E-state index in [1.54, 1.807) is 11.3 Å². The number of hydrogen-bond acceptors (Lipinski definition) is 5. The zero-order chi connectivity index (χ0) is 18.8. The summed E-state index contributed by atoms with van der Waals surface area (Å²) in [5.74, 6) is 0.720. The van der Waals surface area contributed by atoms with Crippen molar-refractivity contribution >= 4 is 44.9 Å². The molecule has 0 unspecified atom stereocenters. The third kappa shape index (κ3) is 3.91. The minimum atomic E-state index is -0.252. The average molecular weight is 386 g/mol. The minimum absolute atomic E-state index is 0.0201. The Morgan fingerprint density at radius 1 is 1.19 bits per heavy atom. The van der Waals surface area contributed by atoms with E-state index in [9.17, 15) is 4.79 Å². The Balaban J connectivity index is 1.79. The third-order valence-electron chi connectivity index (χ3n) is 4.39. The van der Waals surface area contributed by atoms with E-state index >= 15 is 0 Å². The molecule has 6 heteroatoms. The Morgan fingerprint density at radius 3 is 2.54 bits per heavy atom. The van der Waals surface area contributed by atoms with Gasteiger partial charge in [0.15, 0.2) is 0 Å². The van der Waals surface area contributed by atoms with Gasteiger partial charge in [0.2, 0.25) is 5.91 Å². The van der Waals surface area contributed by atoms with Crippen LogP contribution in [0, 0.1) is 20.8 Å². The number of carbonyl (C=O) groups is 1. The predicted molar refractivity (Wildman–Crippen MR) is 111 cm³/mol. The number of fused-ring (bicyclic) bond motifs is 1. The molecule has 2 aromatic heterocycles. The maximum absolute atomic E-state index is 12.6. The number of thiophene rings is 1. The second-order valence-corrected chi connectivity index (χ2v) is 8.87. The van der Waals surface area contributed by atoms with Gasteiger partial charge in [-0.25, -0.2) is 9.97 Å². The Labute approximate surface area is 162 Å². The lowest BCUT2D eigenvalue weighted by atomic mass is 10.1. The molecule has 0 aliphatic rings. The number of nitrogens with zero attached hydrogens (tertiary/aromatic N) is 2. The maximum atomic E-state index is 12.6. The van der Waals surface area contributed by atoms with Crippen molar-refractivity contribution in [2.75, 3.05) is 5.32 Å². The Bertz CT molecular complexity index is 948. The number of benzene rings is 1. The topological polar surface area (TPSA) is 54.9 Å². The van der Waals surface area contributed by atoms with Gasteiger partial charge in [-0.3, -0.25) is 4.79 Å². The molecular formula is C20H23N3OS2. The molecule has 136 valence electrons. The van der Waals surface area contributed by atoms with Gasteiger partial charge in [-0.2, -0.15) is 0 Å². The van der Waals surface area contributed by atoms with Crippen LogP contribution in [0.15, 0.2) is 29.3 Å². The van der Waals surface area contributed by atoms with Crippen molar-refractivity contribution in [3.8, 4) is 0 Å². The summed E-state index contributed by atoms with van der Waals surface area (Å²) in [5, 5.41) is 4.71. The molecule has 1 aromatic carbocycles. The van der Waals surface area contributed by atoms with Crippen LogP contribution in [-0.4, -0.2) is 21.1 Å². The largest absolute Gasteiger partial charge is 0.325 e. The van der Waals surface area contributed by atoms with Crippen LogP contribution in [0.2, 0.25) is 0 Å². The van der Waals surface area contributed by atoms with E-state index in [1.165, 1.54) is 27.8 Å². The van der Waals surface area contributed by atoms with Crippen LogP contribution in [0.25, 0.3) is 10.2 Å². The summed E-state index contributed by atoms with van der Waals surface area (Å²) in [5.41, 5.74) is 3.29. The summed E-state index contributed by atoms with van der Waals surface area (Å²) >= 11 is 3.18. The second kappa shape index (κ2) is 7.76. The van der Waals surface area contributed by atoms with Crippen LogP contribution in [0.1, 0.15) is 35.7 Å². The first kappa shape index (κ1) is 18.9. The maximum Gasteiger partial charge on any atom is 0.237 e. The monoisotopic (exact) mass is 385 g/mol.